The first kappa shape index (κ1) is 15.6. The van der Waals surface area contributed by atoms with Gasteiger partial charge in [0.25, 0.3) is 5.91 Å². The lowest BCUT2D eigenvalue weighted by molar-refractivity contribution is 0.0967. The molecule has 1 atom stereocenters. The van der Waals surface area contributed by atoms with Crippen molar-refractivity contribution >= 4 is 29.1 Å². The van der Waals surface area contributed by atoms with Crippen LogP contribution in [0, 0.1) is 0 Å². The molecule has 0 heterocycles. The third-order valence-corrected chi connectivity index (χ3v) is 3.31. The van der Waals surface area contributed by atoms with Crippen molar-refractivity contribution in [3.63, 3.8) is 0 Å². The minimum Gasteiger partial charge on any atom is -0.490 e. The molecule has 1 amide bonds. The molecule has 6 heteroatoms. The highest BCUT2D eigenvalue weighted by molar-refractivity contribution is 6.31. The number of carbonyl (C=O) groups is 1. The number of nitrogens with two attached hydrogens (primary N) is 1. The van der Waals surface area contributed by atoms with E-state index in [1.54, 1.807) is 30.3 Å². The lowest BCUT2D eigenvalue weighted by atomic mass is 10.1. The fraction of sp³-hybridized carbons (Fsp3) is 0.133. The predicted molar refractivity (Wildman–Crippen MR) is 81.9 cm³/mol. The first-order valence-electron chi connectivity index (χ1n) is 6.13. The second-order valence-corrected chi connectivity index (χ2v) is 5.26. The van der Waals surface area contributed by atoms with Gasteiger partial charge in [0.2, 0.25) is 0 Å². The van der Waals surface area contributed by atoms with E-state index in [9.17, 15) is 9.90 Å². The van der Waals surface area contributed by atoms with Gasteiger partial charge in [0.05, 0.1) is 5.56 Å². The molecule has 4 nitrogen and oxygen atoms in total. The summed E-state index contributed by atoms with van der Waals surface area (Å²) in [6, 6.07) is 11.3. The van der Waals surface area contributed by atoms with Crippen LogP contribution in [0.15, 0.2) is 42.5 Å². The number of ether oxygens (including phenoxy) is 1. The fourth-order valence-corrected chi connectivity index (χ4v) is 2.16. The van der Waals surface area contributed by atoms with E-state index in [0.717, 1.165) is 0 Å². The molecule has 1 unspecified atom stereocenters. The number of hydrogen-bond acceptors (Lipinski definition) is 3. The Morgan fingerprint density at radius 2 is 1.90 bits per heavy atom. The quantitative estimate of drug-likeness (QED) is 0.886. The zero-order valence-corrected chi connectivity index (χ0v) is 12.4. The second-order valence-electron chi connectivity index (χ2n) is 4.39. The van der Waals surface area contributed by atoms with Crippen LogP contribution in [-0.4, -0.2) is 17.6 Å². The largest absolute Gasteiger partial charge is 0.490 e. The van der Waals surface area contributed by atoms with Crippen LogP contribution in [0.4, 0.5) is 0 Å². The van der Waals surface area contributed by atoms with Crippen LogP contribution < -0.4 is 10.5 Å². The summed E-state index contributed by atoms with van der Waals surface area (Å²) in [6.45, 7) is -0.0546. The number of primary amides is 1. The molecular weight excluding hydrogens is 313 g/mol. The molecule has 0 saturated heterocycles. The van der Waals surface area contributed by atoms with Gasteiger partial charge in [-0.3, -0.25) is 4.79 Å². The summed E-state index contributed by atoms with van der Waals surface area (Å²) in [5.74, 6) is -0.394. The number of aliphatic hydroxyl groups is 1. The number of aliphatic hydroxyl groups excluding tert-OH is 1. The molecular formula is C15H13Cl2NO3. The average Bonchev–Trinajstić information content (AvgIpc) is 2.44. The summed E-state index contributed by atoms with van der Waals surface area (Å²) in [5.41, 5.74) is 6.08. The summed E-state index contributed by atoms with van der Waals surface area (Å²) < 4.78 is 5.46. The van der Waals surface area contributed by atoms with Crippen LogP contribution in [0.3, 0.4) is 0 Å². The van der Waals surface area contributed by atoms with Crippen LogP contribution in [0.1, 0.15) is 22.0 Å². The highest BCUT2D eigenvalue weighted by Crippen LogP contribution is 2.25. The van der Waals surface area contributed by atoms with E-state index in [2.05, 4.69) is 0 Å². The minimum absolute atomic E-state index is 0.0546. The van der Waals surface area contributed by atoms with Crippen molar-refractivity contribution in [3.8, 4) is 5.75 Å². The predicted octanol–water partition coefficient (Wildman–Crippen LogP) is 3.20. The molecule has 0 aliphatic heterocycles. The SMILES string of the molecule is NC(=O)c1ccc(Cl)cc1OCC(O)c1cccc(Cl)c1. The lowest BCUT2D eigenvalue weighted by Crippen LogP contribution is -2.15. The Hall–Kier alpha value is -1.75. The maximum absolute atomic E-state index is 11.3. The zero-order chi connectivity index (χ0) is 15.4. The maximum atomic E-state index is 11.3. The summed E-state index contributed by atoms with van der Waals surface area (Å²) in [5, 5.41) is 11.0. The Morgan fingerprint density at radius 3 is 2.57 bits per heavy atom. The Balaban J connectivity index is 2.12. The summed E-state index contributed by atoms with van der Waals surface area (Å²) in [4.78, 5) is 11.3. The minimum atomic E-state index is -0.886. The van der Waals surface area contributed by atoms with E-state index >= 15 is 0 Å². The molecule has 0 aliphatic carbocycles. The third-order valence-electron chi connectivity index (χ3n) is 2.84. The van der Waals surface area contributed by atoms with Gasteiger partial charge in [-0.25, -0.2) is 0 Å². The van der Waals surface area contributed by atoms with Gasteiger partial charge in [-0.15, -0.1) is 0 Å². The molecule has 2 aromatic carbocycles. The van der Waals surface area contributed by atoms with Gasteiger partial charge in [0.15, 0.2) is 0 Å². The monoisotopic (exact) mass is 325 g/mol. The normalized spacial score (nSPS) is 12.0. The third kappa shape index (κ3) is 4.11. The molecule has 3 N–H and O–H groups in total. The Bertz CT molecular complexity index is 661. The van der Waals surface area contributed by atoms with E-state index in [0.29, 0.717) is 15.6 Å². The number of benzene rings is 2. The van der Waals surface area contributed by atoms with Gasteiger partial charge < -0.3 is 15.6 Å². The molecule has 110 valence electrons. The molecule has 2 aromatic rings. The van der Waals surface area contributed by atoms with E-state index in [4.69, 9.17) is 33.7 Å². The van der Waals surface area contributed by atoms with Crippen LogP contribution in [-0.2, 0) is 0 Å². The zero-order valence-electron chi connectivity index (χ0n) is 10.9. The molecule has 0 aliphatic rings. The number of amides is 1. The number of rotatable bonds is 5. The Morgan fingerprint density at radius 1 is 1.19 bits per heavy atom. The average molecular weight is 326 g/mol. The van der Waals surface area contributed by atoms with Crippen LogP contribution in [0.25, 0.3) is 0 Å². The van der Waals surface area contributed by atoms with Crippen LogP contribution in [0.5, 0.6) is 5.75 Å². The highest BCUT2D eigenvalue weighted by Gasteiger charge is 2.13. The van der Waals surface area contributed by atoms with Crippen LogP contribution >= 0.6 is 23.2 Å². The van der Waals surface area contributed by atoms with Crippen molar-refractivity contribution < 1.29 is 14.6 Å². The topological polar surface area (TPSA) is 72.6 Å². The maximum Gasteiger partial charge on any atom is 0.252 e. The standard InChI is InChI=1S/C15H13Cl2NO3/c16-10-3-1-2-9(6-10)13(19)8-21-14-7-11(17)4-5-12(14)15(18)20/h1-7,13,19H,8H2,(H2,18,20). The van der Waals surface area contributed by atoms with Gasteiger partial charge >= 0.3 is 0 Å². The molecule has 21 heavy (non-hydrogen) atoms. The second kappa shape index (κ2) is 6.80. The van der Waals surface area contributed by atoms with E-state index in [1.165, 1.54) is 12.1 Å². The van der Waals surface area contributed by atoms with Crippen LogP contribution in [0.2, 0.25) is 10.0 Å². The number of hydrogen-bond donors (Lipinski definition) is 2. The van der Waals surface area contributed by atoms with E-state index in [-0.39, 0.29) is 17.9 Å². The summed E-state index contributed by atoms with van der Waals surface area (Å²) >= 11 is 11.7. The molecule has 2 rings (SSSR count). The van der Waals surface area contributed by atoms with E-state index < -0.39 is 12.0 Å². The summed E-state index contributed by atoms with van der Waals surface area (Å²) in [7, 11) is 0. The molecule has 0 aromatic heterocycles. The Labute approximate surface area is 132 Å². The van der Waals surface area contributed by atoms with Gasteiger partial charge in [-0.2, -0.15) is 0 Å². The van der Waals surface area contributed by atoms with E-state index in [1.807, 2.05) is 0 Å². The van der Waals surface area contributed by atoms with Crippen molar-refractivity contribution in [1.82, 2.24) is 0 Å². The van der Waals surface area contributed by atoms with Gasteiger partial charge in [-0.05, 0) is 35.9 Å². The fourth-order valence-electron chi connectivity index (χ4n) is 1.80. The number of carbonyl (C=O) groups excluding carboxylic acids is 1. The Kier molecular flexibility index (Phi) is 5.07. The first-order valence-corrected chi connectivity index (χ1v) is 6.88. The van der Waals surface area contributed by atoms with Crippen molar-refractivity contribution in [1.29, 1.82) is 0 Å². The lowest BCUT2D eigenvalue weighted by Gasteiger charge is -2.14. The molecule has 0 fully saturated rings. The van der Waals surface area contributed by atoms with Gasteiger partial charge in [0, 0.05) is 10.0 Å². The molecule has 0 saturated carbocycles. The summed E-state index contributed by atoms with van der Waals surface area (Å²) in [6.07, 6.45) is -0.886. The van der Waals surface area contributed by atoms with Crippen molar-refractivity contribution in [2.24, 2.45) is 5.73 Å². The smallest absolute Gasteiger partial charge is 0.252 e. The molecule has 0 bridgehead atoms. The van der Waals surface area contributed by atoms with Gasteiger partial charge in [-0.1, -0.05) is 35.3 Å². The molecule has 0 spiro atoms. The van der Waals surface area contributed by atoms with Crippen molar-refractivity contribution in [2.45, 2.75) is 6.10 Å². The van der Waals surface area contributed by atoms with Gasteiger partial charge in [0.1, 0.15) is 18.5 Å². The highest BCUT2D eigenvalue weighted by atomic mass is 35.5. The molecule has 0 radical (unpaired) electrons. The first-order chi connectivity index (χ1) is 9.97. The number of halogens is 2. The van der Waals surface area contributed by atoms with Crippen molar-refractivity contribution in [2.75, 3.05) is 6.61 Å². The van der Waals surface area contributed by atoms with Crippen molar-refractivity contribution in [3.05, 3.63) is 63.6 Å².